The molecule has 3 heteroatoms. The molecule has 0 saturated heterocycles. The van der Waals surface area contributed by atoms with E-state index in [-0.39, 0.29) is 5.84 Å². The van der Waals surface area contributed by atoms with Gasteiger partial charge in [0.1, 0.15) is 5.84 Å². The number of hydrogen-bond acceptors (Lipinski definition) is 1. The lowest BCUT2D eigenvalue weighted by molar-refractivity contribution is 0.870. The van der Waals surface area contributed by atoms with Gasteiger partial charge in [-0.2, -0.15) is 0 Å². The molecule has 0 fully saturated rings. The Bertz CT molecular complexity index is 1350. The van der Waals surface area contributed by atoms with E-state index in [0.29, 0.717) is 0 Å². The number of amidine groups is 1. The highest BCUT2D eigenvalue weighted by atomic mass is 15.0. The summed E-state index contributed by atoms with van der Waals surface area (Å²) < 4.78 is 2.36. The van der Waals surface area contributed by atoms with Gasteiger partial charge in [0.2, 0.25) is 0 Å². The van der Waals surface area contributed by atoms with Crippen LogP contribution in [-0.4, -0.2) is 10.4 Å². The van der Waals surface area contributed by atoms with Gasteiger partial charge in [0, 0.05) is 33.9 Å². The molecule has 0 atom stereocenters. The van der Waals surface area contributed by atoms with Crippen LogP contribution in [0.4, 0.5) is 0 Å². The zero-order valence-corrected chi connectivity index (χ0v) is 16.0. The number of nitrogens with zero attached hydrogens (tertiary/aromatic N) is 1. The molecule has 0 aliphatic heterocycles. The first-order valence-corrected chi connectivity index (χ1v) is 9.71. The Morgan fingerprint density at radius 2 is 1.41 bits per heavy atom. The van der Waals surface area contributed by atoms with Gasteiger partial charge in [0.05, 0.1) is 0 Å². The zero-order valence-electron chi connectivity index (χ0n) is 16.0. The van der Waals surface area contributed by atoms with Gasteiger partial charge in [0.25, 0.3) is 0 Å². The first-order chi connectivity index (χ1) is 14.2. The molecule has 5 rings (SSSR count). The Labute approximate surface area is 169 Å². The smallest absolute Gasteiger partial charge is 0.122 e. The summed E-state index contributed by atoms with van der Waals surface area (Å²) in [6.07, 6.45) is 0. The first-order valence-electron chi connectivity index (χ1n) is 9.71. The van der Waals surface area contributed by atoms with Crippen LogP contribution in [0.1, 0.15) is 11.1 Å². The molecule has 0 saturated carbocycles. The van der Waals surface area contributed by atoms with Crippen LogP contribution in [0.2, 0.25) is 0 Å². The molecular formula is C26H21N3. The molecule has 5 aromatic rings. The summed E-state index contributed by atoms with van der Waals surface area (Å²) in [6.45, 7) is 0.772. The van der Waals surface area contributed by atoms with Crippen molar-refractivity contribution >= 4 is 27.6 Å². The van der Waals surface area contributed by atoms with Gasteiger partial charge in [-0.05, 0) is 41.0 Å². The minimum atomic E-state index is 0.0955. The van der Waals surface area contributed by atoms with Crippen molar-refractivity contribution in [2.24, 2.45) is 5.73 Å². The SMILES string of the molecule is N=C(N)c1ccc2c(c1)c1ccccc1n2Cc1ccccc1-c1ccccc1. The lowest BCUT2D eigenvalue weighted by atomic mass is 9.99. The summed E-state index contributed by atoms with van der Waals surface area (Å²) in [7, 11) is 0. The molecule has 0 spiro atoms. The Morgan fingerprint density at radius 1 is 0.724 bits per heavy atom. The lowest BCUT2D eigenvalue weighted by Gasteiger charge is -2.13. The van der Waals surface area contributed by atoms with Gasteiger partial charge >= 0.3 is 0 Å². The van der Waals surface area contributed by atoms with Crippen LogP contribution < -0.4 is 5.73 Å². The van der Waals surface area contributed by atoms with Crippen molar-refractivity contribution in [2.75, 3.05) is 0 Å². The maximum Gasteiger partial charge on any atom is 0.122 e. The summed E-state index contributed by atoms with van der Waals surface area (Å²) in [4.78, 5) is 0. The summed E-state index contributed by atoms with van der Waals surface area (Å²) in [6, 6.07) is 33.6. The van der Waals surface area contributed by atoms with Crippen LogP contribution in [0.15, 0.2) is 97.1 Å². The van der Waals surface area contributed by atoms with Gasteiger partial charge in [-0.3, -0.25) is 5.41 Å². The van der Waals surface area contributed by atoms with Crippen LogP contribution in [0.5, 0.6) is 0 Å². The van der Waals surface area contributed by atoms with Gasteiger partial charge in [-0.15, -0.1) is 0 Å². The standard InChI is InChI=1S/C26H21N3/c27-26(28)19-14-15-25-23(16-19)22-12-6-7-13-24(22)29(25)17-20-10-4-5-11-21(20)18-8-2-1-3-9-18/h1-16H,17H2,(H3,27,28). The summed E-state index contributed by atoms with van der Waals surface area (Å²) >= 11 is 0. The average molecular weight is 375 g/mol. The molecule has 0 radical (unpaired) electrons. The van der Waals surface area contributed by atoms with E-state index in [1.807, 2.05) is 18.2 Å². The fourth-order valence-corrected chi connectivity index (χ4v) is 4.12. The lowest BCUT2D eigenvalue weighted by Crippen LogP contribution is -2.10. The summed E-state index contributed by atoms with van der Waals surface area (Å²) in [5.74, 6) is 0.0955. The fraction of sp³-hybridized carbons (Fsp3) is 0.0385. The molecule has 0 unspecified atom stereocenters. The molecule has 4 aromatic carbocycles. The van der Waals surface area contributed by atoms with Crippen LogP contribution in [0.25, 0.3) is 32.9 Å². The van der Waals surface area contributed by atoms with E-state index in [0.717, 1.165) is 23.0 Å². The minimum absolute atomic E-state index is 0.0955. The molecule has 0 aliphatic carbocycles. The third kappa shape index (κ3) is 2.97. The number of nitrogens with two attached hydrogens (primary N) is 1. The van der Waals surface area contributed by atoms with Crippen molar-refractivity contribution in [1.82, 2.24) is 4.57 Å². The van der Waals surface area contributed by atoms with Gasteiger partial charge < -0.3 is 10.3 Å². The highest BCUT2D eigenvalue weighted by Crippen LogP contribution is 2.32. The number of para-hydroxylation sites is 1. The van der Waals surface area contributed by atoms with Crippen LogP contribution in [0, 0.1) is 5.41 Å². The Kier molecular flexibility index (Phi) is 4.14. The van der Waals surface area contributed by atoms with Crippen molar-refractivity contribution in [3.05, 3.63) is 108 Å². The third-order valence-corrected chi connectivity index (χ3v) is 5.51. The molecule has 3 N–H and O–H groups in total. The molecule has 1 heterocycles. The number of benzene rings is 4. The highest BCUT2D eigenvalue weighted by molar-refractivity contribution is 6.10. The normalized spacial score (nSPS) is 11.2. The number of aromatic nitrogens is 1. The van der Waals surface area contributed by atoms with Gasteiger partial charge in [-0.25, -0.2) is 0 Å². The topological polar surface area (TPSA) is 54.8 Å². The maximum absolute atomic E-state index is 7.80. The number of fused-ring (bicyclic) bond motifs is 3. The second-order valence-corrected chi connectivity index (χ2v) is 7.27. The molecule has 1 aromatic heterocycles. The summed E-state index contributed by atoms with van der Waals surface area (Å²) in [5, 5.41) is 10.1. The largest absolute Gasteiger partial charge is 0.384 e. The quantitative estimate of drug-likeness (QED) is 0.303. The van der Waals surface area contributed by atoms with Crippen LogP contribution in [-0.2, 0) is 6.54 Å². The third-order valence-electron chi connectivity index (χ3n) is 5.51. The van der Waals surface area contributed by atoms with Crippen molar-refractivity contribution in [3.8, 4) is 11.1 Å². The fourth-order valence-electron chi connectivity index (χ4n) is 4.12. The maximum atomic E-state index is 7.80. The number of nitrogen functional groups attached to an aromatic ring is 1. The van der Waals surface area contributed by atoms with Crippen molar-refractivity contribution in [1.29, 1.82) is 5.41 Å². The van der Waals surface area contributed by atoms with E-state index < -0.39 is 0 Å². The van der Waals surface area contributed by atoms with Crippen LogP contribution >= 0.6 is 0 Å². The minimum Gasteiger partial charge on any atom is -0.384 e. The van der Waals surface area contributed by atoms with Crippen LogP contribution in [0.3, 0.4) is 0 Å². The highest BCUT2D eigenvalue weighted by Gasteiger charge is 2.13. The number of hydrogen-bond donors (Lipinski definition) is 2. The number of rotatable bonds is 4. The van der Waals surface area contributed by atoms with E-state index in [1.165, 1.54) is 27.6 Å². The van der Waals surface area contributed by atoms with Crippen molar-refractivity contribution in [3.63, 3.8) is 0 Å². The van der Waals surface area contributed by atoms with E-state index in [2.05, 4.69) is 83.4 Å². The predicted molar refractivity (Wildman–Crippen MR) is 121 cm³/mol. The monoisotopic (exact) mass is 375 g/mol. The molecule has 0 bridgehead atoms. The first kappa shape index (κ1) is 17.3. The average Bonchev–Trinajstić information content (AvgIpc) is 3.08. The zero-order chi connectivity index (χ0) is 19.8. The second kappa shape index (κ2) is 6.95. The Hall–Kier alpha value is -3.85. The number of nitrogens with one attached hydrogen (secondary N) is 1. The second-order valence-electron chi connectivity index (χ2n) is 7.27. The van der Waals surface area contributed by atoms with Gasteiger partial charge in [-0.1, -0.05) is 72.8 Å². The van der Waals surface area contributed by atoms with Crippen molar-refractivity contribution < 1.29 is 0 Å². The summed E-state index contributed by atoms with van der Waals surface area (Å²) in [5.41, 5.74) is 12.6. The Morgan fingerprint density at radius 3 is 2.24 bits per heavy atom. The predicted octanol–water partition coefficient (Wildman–Crippen LogP) is 5.79. The molecule has 0 amide bonds. The van der Waals surface area contributed by atoms with Gasteiger partial charge in [0.15, 0.2) is 0 Å². The molecular weight excluding hydrogens is 354 g/mol. The van der Waals surface area contributed by atoms with Crippen molar-refractivity contribution in [2.45, 2.75) is 6.54 Å². The van der Waals surface area contributed by atoms with E-state index in [9.17, 15) is 0 Å². The Balaban J connectivity index is 1.72. The van der Waals surface area contributed by atoms with E-state index >= 15 is 0 Å². The van der Waals surface area contributed by atoms with E-state index in [4.69, 9.17) is 11.1 Å². The van der Waals surface area contributed by atoms with E-state index in [1.54, 1.807) is 0 Å². The molecule has 3 nitrogen and oxygen atoms in total. The molecule has 0 aliphatic rings. The molecule has 140 valence electrons. The molecule has 29 heavy (non-hydrogen) atoms.